The lowest BCUT2D eigenvalue weighted by Crippen LogP contribution is -2.61. The molecule has 2 aliphatic rings. The van der Waals surface area contributed by atoms with E-state index in [1.807, 2.05) is 6.26 Å². The van der Waals surface area contributed by atoms with E-state index in [1.165, 1.54) is 59.7 Å². The largest absolute Gasteiger partial charge is 0.508 e. The summed E-state index contributed by atoms with van der Waals surface area (Å²) in [6, 6.07) is -5.42. The van der Waals surface area contributed by atoms with Crippen LogP contribution in [-0.4, -0.2) is 194 Å². The number of hydrogen-bond acceptors (Lipinski definition) is 16. The molecule has 426 valence electrons. The summed E-state index contributed by atoms with van der Waals surface area (Å²) in [4.78, 5) is 138. The Balaban J connectivity index is 1.83. The van der Waals surface area contributed by atoms with Gasteiger partial charge in [0.1, 0.15) is 60.1 Å². The number of nitrogens with one attached hydrogen (secondary N) is 7. The van der Waals surface area contributed by atoms with Gasteiger partial charge < -0.3 is 78.9 Å². The highest BCUT2D eigenvalue weighted by molar-refractivity contribution is 7.98. The molecular weight excluding hydrogens is 1010 g/mol. The monoisotopic (exact) mass is 1090 g/mol. The Kier molecular flexibility index (Phi) is 26.4. The molecule has 9 amide bonds. The van der Waals surface area contributed by atoms with Gasteiger partial charge in [-0.3, -0.25) is 43.2 Å². The maximum atomic E-state index is 14.4. The van der Waals surface area contributed by atoms with Crippen LogP contribution in [0.3, 0.4) is 0 Å². The molecule has 0 radical (unpaired) electrons. The number of benzene rings is 1. The number of thioether (sulfide) groups is 1. The maximum Gasteiger partial charge on any atom is 0.326 e. The van der Waals surface area contributed by atoms with Crippen molar-refractivity contribution in [3.05, 3.63) is 29.8 Å². The van der Waals surface area contributed by atoms with E-state index in [2.05, 4.69) is 37.2 Å². The van der Waals surface area contributed by atoms with Gasteiger partial charge in [0.25, 0.3) is 0 Å². The van der Waals surface area contributed by atoms with Crippen LogP contribution >= 0.6 is 11.8 Å². The van der Waals surface area contributed by atoms with Crippen LogP contribution in [0.1, 0.15) is 98.5 Å². The van der Waals surface area contributed by atoms with Gasteiger partial charge in [-0.15, -0.1) is 0 Å². The molecule has 15 N–H and O–H groups in total. The van der Waals surface area contributed by atoms with E-state index in [-0.39, 0.29) is 44.6 Å². The van der Waals surface area contributed by atoms with Crippen LogP contribution in [0.25, 0.3) is 0 Å². The lowest BCUT2D eigenvalue weighted by molar-refractivity contribution is -0.152. The normalized spacial score (nSPS) is 19.0. The number of phenols is 1. The lowest BCUT2D eigenvalue weighted by Gasteiger charge is -2.33. The number of rotatable bonds is 30. The first kappa shape index (κ1) is 64.2. The predicted molar refractivity (Wildman–Crippen MR) is 280 cm³/mol. The van der Waals surface area contributed by atoms with Gasteiger partial charge in [-0.1, -0.05) is 39.8 Å². The Bertz CT molecular complexity index is 2170. The highest BCUT2D eigenvalue weighted by atomic mass is 32.2. The zero-order chi connectivity index (χ0) is 57.0. The van der Waals surface area contributed by atoms with Crippen molar-refractivity contribution in [1.29, 1.82) is 0 Å². The smallest absolute Gasteiger partial charge is 0.326 e. The fourth-order valence-corrected chi connectivity index (χ4v) is 9.26. The quantitative estimate of drug-likeness (QED) is 0.0349. The number of aliphatic hydroxyl groups is 2. The summed E-state index contributed by atoms with van der Waals surface area (Å²) in [6.45, 7) is 9.04. The molecule has 0 aromatic heterocycles. The Morgan fingerprint density at radius 3 is 1.74 bits per heavy atom. The fourth-order valence-electron chi connectivity index (χ4n) is 8.79. The Hall–Kier alpha value is -6.09. The molecule has 2 fully saturated rings. The lowest BCUT2D eigenvalue weighted by atomic mass is 9.98. The number of carboxylic acid groups (broad SMARTS) is 1. The minimum absolute atomic E-state index is 0.0704. The molecule has 0 aliphatic carbocycles. The summed E-state index contributed by atoms with van der Waals surface area (Å²) in [5.74, 6) is -8.79. The van der Waals surface area contributed by atoms with Gasteiger partial charge in [-0.05, 0) is 113 Å². The molecule has 25 nitrogen and oxygen atoms in total. The number of aliphatic hydroxyl groups excluding tert-OH is 2. The Labute approximate surface area is 447 Å². The second-order valence-electron chi connectivity index (χ2n) is 20.1. The van der Waals surface area contributed by atoms with Crippen LogP contribution in [0.15, 0.2) is 24.3 Å². The van der Waals surface area contributed by atoms with Crippen LogP contribution in [0, 0.1) is 11.8 Å². The first-order valence-electron chi connectivity index (χ1n) is 25.8. The van der Waals surface area contributed by atoms with Crippen LogP contribution in [0.2, 0.25) is 0 Å². The second kappa shape index (κ2) is 31.2. The van der Waals surface area contributed by atoms with Crippen molar-refractivity contribution < 1.29 is 68.4 Å². The molecule has 0 unspecified atom stereocenters. The number of hydrogen-bond donors (Lipinski definition) is 13. The minimum atomic E-state index is -1.56. The van der Waals surface area contributed by atoms with Gasteiger partial charge in [0.2, 0.25) is 53.2 Å². The van der Waals surface area contributed by atoms with Gasteiger partial charge >= 0.3 is 5.97 Å². The molecule has 0 saturated carbocycles. The summed E-state index contributed by atoms with van der Waals surface area (Å²) in [7, 11) is 0. The molecular formula is C50H81N11O14S. The molecule has 2 aliphatic heterocycles. The van der Waals surface area contributed by atoms with E-state index in [4.69, 9.17) is 11.5 Å². The number of likely N-dealkylation sites (tertiary alicyclic amines) is 2. The molecule has 1 aromatic rings. The first-order chi connectivity index (χ1) is 35.8. The third-order valence-electron chi connectivity index (χ3n) is 13.3. The van der Waals surface area contributed by atoms with E-state index in [1.54, 1.807) is 27.7 Å². The number of amides is 9. The van der Waals surface area contributed by atoms with Crippen molar-refractivity contribution in [3.63, 3.8) is 0 Å². The van der Waals surface area contributed by atoms with E-state index < -0.39 is 144 Å². The standard InChI is InChI=1S/C50H81N11O14S/c1-26(2)39(57-37(65)25-53-45(69)41(29(6)63)59-44(68)38(52)28(5)62)46(70)56-34(24-30-15-17-31(64)18-16-30)43(67)58-40(27(3)4)47(71)54-32(12-8-9-20-51)42(66)55-33(19-23-76-7)48(72)60-21-10-13-35(60)49(73)61-22-11-14-36(61)50(74)75/h15-18,26-29,32-36,38-41,62-64H,8-14,19-25,51-52H2,1-7H3,(H,53,69)(H,54,71)(H,55,66)(H,56,70)(H,57,65)(H,58,67)(H,59,68)(H,74,75)/t28-,29-,32+,33+,34+,35+,36+,38+,39+,40+,41+/m1/s1. The van der Waals surface area contributed by atoms with Gasteiger partial charge in [0.05, 0.1) is 18.8 Å². The van der Waals surface area contributed by atoms with Crippen molar-refractivity contribution in [2.24, 2.45) is 23.3 Å². The number of aliphatic carboxylic acids is 1. The molecule has 1 aromatic carbocycles. The number of unbranched alkanes of at least 4 members (excludes halogenated alkanes) is 1. The topological polar surface area (TPSA) is 394 Å². The van der Waals surface area contributed by atoms with Crippen molar-refractivity contribution in [2.75, 3.05) is 38.2 Å². The van der Waals surface area contributed by atoms with E-state index in [0.29, 0.717) is 49.8 Å². The molecule has 0 bridgehead atoms. The van der Waals surface area contributed by atoms with E-state index in [9.17, 15) is 68.4 Å². The maximum absolute atomic E-state index is 14.4. The Morgan fingerprint density at radius 1 is 0.645 bits per heavy atom. The van der Waals surface area contributed by atoms with Crippen molar-refractivity contribution in [1.82, 2.24) is 47.0 Å². The van der Waals surface area contributed by atoms with Crippen LogP contribution in [-0.2, 0) is 54.4 Å². The van der Waals surface area contributed by atoms with Crippen LogP contribution < -0.4 is 48.7 Å². The number of nitrogens with zero attached hydrogens (tertiary/aromatic N) is 2. The zero-order valence-corrected chi connectivity index (χ0v) is 45.4. The first-order valence-corrected chi connectivity index (χ1v) is 27.2. The molecule has 2 saturated heterocycles. The number of aromatic hydroxyl groups is 1. The summed E-state index contributed by atoms with van der Waals surface area (Å²) in [5, 5.41) is 57.5. The average Bonchev–Trinajstić information content (AvgIpc) is 4.08. The SMILES string of the molecule is CSCC[C@H](NC(=O)[C@H](CCCCN)NC(=O)[C@@H](NC(=O)[C@H](Cc1ccc(O)cc1)NC(=O)[C@@H](NC(=O)CNC(=O)[C@@H](NC(=O)[C@@H](N)[C@@H](C)O)[C@@H](C)O)C(C)C)C(C)C)C(=O)N1CCC[C@H]1C(=O)N1CCC[C@H]1C(=O)O. The molecule has 76 heavy (non-hydrogen) atoms. The zero-order valence-electron chi connectivity index (χ0n) is 44.5. The summed E-state index contributed by atoms with van der Waals surface area (Å²) in [5.41, 5.74) is 11.9. The van der Waals surface area contributed by atoms with E-state index >= 15 is 0 Å². The molecule has 2 heterocycles. The average molecular weight is 1090 g/mol. The van der Waals surface area contributed by atoms with Gasteiger partial charge in [-0.2, -0.15) is 11.8 Å². The predicted octanol–water partition coefficient (Wildman–Crippen LogP) is -2.69. The van der Waals surface area contributed by atoms with Gasteiger partial charge in [0.15, 0.2) is 0 Å². The fraction of sp³-hybridized carbons (Fsp3) is 0.680. The number of phenolic OH excluding ortho intramolecular Hbond substituents is 1. The Morgan fingerprint density at radius 2 is 1.18 bits per heavy atom. The minimum Gasteiger partial charge on any atom is -0.508 e. The molecule has 26 heteroatoms. The summed E-state index contributed by atoms with van der Waals surface area (Å²) >= 11 is 1.43. The highest BCUT2D eigenvalue weighted by Gasteiger charge is 2.44. The summed E-state index contributed by atoms with van der Waals surface area (Å²) in [6.07, 6.45) is 1.73. The number of carbonyl (C=O) groups is 10. The highest BCUT2D eigenvalue weighted by Crippen LogP contribution is 2.26. The molecule has 0 spiro atoms. The number of nitrogens with two attached hydrogens (primary N) is 2. The van der Waals surface area contributed by atoms with Gasteiger partial charge in [-0.25, -0.2) is 4.79 Å². The van der Waals surface area contributed by atoms with Crippen LogP contribution in [0.5, 0.6) is 5.75 Å². The third-order valence-corrected chi connectivity index (χ3v) is 13.9. The van der Waals surface area contributed by atoms with Crippen molar-refractivity contribution in [3.8, 4) is 5.75 Å². The summed E-state index contributed by atoms with van der Waals surface area (Å²) < 4.78 is 0. The third kappa shape index (κ3) is 19.2. The number of carboxylic acids is 1. The van der Waals surface area contributed by atoms with Crippen LogP contribution in [0.4, 0.5) is 0 Å². The van der Waals surface area contributed by atoms with Crippen molar-refractivity contribution in [2.45, 2.75) is 166 Å². The molecule has 3 rings (SSSR count). The van der Waals surface area contributed by atoms with E-state index in [0.717, 1.165) is 0 Å². The van der Waals surface area contributed by atoms with Crippen molar-refractivity contribution >= 4 is 70.9 Å². The molecule has 11 atom stereocenters. The number of carbonyl (C=O) groups excluding carboxylic acids is 9. The van der Waals surface area contributed by atoms with Gasteiger partial charge in [0, 0.05) is 19.5 Å². The second-order valence-corrected chi connectivity index (χ2v) is 21.1.